The van der Waals surface area contributed by atoms with E-state index >= 15 is 0 Å². The van der Waals surface area contributed by atoms with Crippen LogP contribution in [0, 0.1) is 27.5 Å². The molecule has 0 aliphatic rings. The number of furan rings is 1. The maximum absolute atomic E-state index is 8.06. The highest BCUT2D eigenvalue weighted by molar-refractivity contribution is 6.08. The van der Waals surface area contributed by atoms with Crippen molar-refractivity contribution in [3.8, 4) is 22.4 Å². The van der Waals surface area contributed by atoms with Crippen molar-refractivity contribution in [3.63, 3.8) is 0 Å². The van der Waals surface area contributed by atoms with Gasteiger partial charge in [0.2, 0.25) is 5.71 Å². The van der Waals surface area contributed by atoms with Gasteiger partial charge in [-0.25, -0.2) is 4.98 Å². The van der Waals surface area contributed by atoms with Crippen molar-refractivity contribution in [3.05, 3.63) is 83.2 Å². The van der Waals surface area contributed by atoms with Crippen molar-refractivity contribution in [2.75, 3.05) is 0 Å². The van der Waals surface area contributed by atoms with Crippen LogP contribution in [-0.2, 0) is 0 Å². The van der Waals surface area contributed by atoms with Crippen LogP contribution in [-0.4, -0.2) is 9.97 Å². The number of hydrogen-bond acceptors (Lipinski definition) is 3. The van der Waals surface area contributed by atoms with Crippen LogP contribution >= 0.6 is 0 Å². The lowest BCUT2D eigenvalue weighted by atomic mass is 9.94. The van der Waals surface area contributed by atoms with Gasteiger partial charge in [-0.15, -0.1) is 0 Å². The Balaban J connectivity index is 1.77. The highest BCUT2D eigenvalue weighted by atomic mass is 16.3. The van der Waals surface area contributed by atoms with Gasteiger partial charge in [-0.1, -0.05) is 35.9 Å². The van der Waals surface area contributed by atoms with Crippen LogP contribution in [0.3, 0.4) is 0 Å². The maximum Gasteiger partial charge on any atom is 0.227 e. The molecule has 3 heterocycles. The summed E-state index contributed by atoms with van der Waals surface area (Å²) in [5.74, 6) is 0. The van der Waals surface area contributed by atoms with Gasteiger partial charge in [0, 0.05) is 40.6 Å². The summed E-state index contributed by atoms with van der Waals surface area (Å²) in [5.41, 5.74) is 2.58. The summed E-state index contributed by atoms with van der Waals surface area (Å²) in [6.45, 7) is -5.64. The third kappa shape index (κ3) is 2.90. The van der Waals surface area contributed by atoms with E-state index in [4.69, 9.17) is 16.8 Å². The minimum Gasteiger partial charge on any atom is -0.437 e. The van der Waals surface area contributed by atoms with Gasteiger partial charge in [0.1, 0.15) is 5.58 Å². The molecular formula is C26H22N2O. The molecule has 0 amide bonds. The van der Waals surface area contributed by atoms with E-state index in [2.05, 4.69) is 9.97 Å². The monoisotopic (exact) mass is 387 g/mol. The van der Waals surface area contributed by atoms with Crippen LogP contribution < -0.4 is 0 Å². The summed E-state index contributed by atoms with van der Waals surface area (Å²) < 4.78 is 77.3. The van der Waals surface area contributed by atoms with Gasteiger partial charge in [-0.05, 0) is 74.0 Å². The predicted octanol–water partition coefficient (Wildman–Crippen LogP) is 6.94. The normalized spacial score (nSPS) is 17.3. The molecule has 0 unspecified atom stereocenters. The molecule has 0 aliphatic carbocycles. The number of benzene rings is 2. The first-order chi connectivity index (χ1) is 17.6. The van der Waals surface area contributed by atoms with Gasteiger partial charge in [0.05, 0.1) is 5.69 Å². The lowest BCUT2D eigenvalue weighted by Crippen LogP contribution is -1.92. The Morgan fingerprint density at radius 1 is 0.828 bits per heavy atom. The number of para-hydroxylation sites is 1. The van der Waals surface area contributed by atoms with E-state index in [1.807, 2.05) is 6.07 Å². The SMILES string of the molecule is [2H]C([2H])([2H])c1ccc2c(n1)oc1c(-c3cc(-c4ccc(C)cc4C([2H])([2H])[2H])c(C([2H])([2H])[2H])cn3)cccc12. The second kappa shape index (κ2) is 6.56. The smallest absolute Gasteiger partial charge is 0.227 e. The molecule has 29 heavy (non-hydrogen) atoms. The number of hydrogen-bond donors (Lipinski definition) is 0. The van der Waals surface area contributed by atoms with Crippen molar-refractivity contribution in [1.29, 1.82) is 0 Å². The molecule has 2 aromatic carbocycles. The first-order valence-corrected chi connectivity index (χ1v) is 9.10. The molecule has 0 saturated heterocycles. The summed E-state index contributed by atoms with van der Waals surface area (Å²) in [6.07, 6.45) is 1.24. The van der Waals surface area contributed by atoms with Gasteiger partial charge < -0.3 is 4.42 Å². The van der Waals surface area contributed by atoms with E-state index in [-0.39, 0.29) is 33.7 Å². The maximum atomic E-state index is 8.06. The zero-order valence-corrected chi connectivity index (χ0v) is 15.6. The lowest BCUT2D eigenvalue weighted by Gasteiger charge is -2.12. The molecule has 5 rings (SSSR count). The van der Waals surface area contributed by atoms with E-state index < -0.39 is 20.6 Å². The van der Waals surface area contributed by atoms with E-state index in [0.717, 1.165) is 5.56 Å². The zero-order valence-electron chi connectivity index (χ0n) is 24.6. The summed E-state index contributed by atoms with van der Waals surface area (Å²) >= 11 is 0. The number of aromatic nitrogens is 2. The standard InChI is InChI=1S/C26H22N2O/c1-15-8-10-19(16(2)12-15)23-13-24(27-14-17(23)3)22-7-5-6-20-21-11-9-18(4)28-26(21)29-25(20)22/h5-14H,1-4H3/i2D3,3D3,4D3. The number of aryl methyl sites for hydroxylation is 4. The van der Waals surface area contributed by atoms with Crippen LogP contribution in [0.25, 0.3) is 44.5 Å². The topological polar surface area (TPSA) is 38.9 Å². The first-order valence-electron chi connectivity index (χ1n) is 13.6. The van der Waals surface area contributed by atoms with Gasteiger partial charge in [0.15, 0.2) is 0 Å². The molecule has 0 radical (unpaired) electrons. The molecule has 5 aromatic rings. The summed E-state index contributed by atoms with van der Waals surface area (Å²) in [4.78, 5) is 8.61. The zero-order chi connectivity index (χ0) is 27.6. The Hall–Kier alpha value is -3.46. The summed E-state index contributed by atoms with van der Waals surface area (Å²) in [7, 11) is 0. The first kappa shape index (κ1) is 10.4. The average Bonchev–Trinajstić information content (AvgIpc) is 3.20. The number of fused-ring (bicyclic) bond motifs is 3. The minimum atomic E-state index is -2.54. The van der Waals surface area contributed by atoms with Gasteiger partial charge in [0.25, 0.3) is 0 Å². The summed E-state index contributed by atoms with van der Waals surface area (Å²) in [6, 6.07) is 14.9. The van der Waals surface area contributed by atoms with E-state index in [0.29, 0.717) is 27.6 Å². The van der Waals surface area contributed by atoms with Crippen LogP contribution in [0.2, 0.25) is 0 Å². The number of rotatable bonds is 2. The van der Waals surface area contributed by atoms with Gasteiger partial charge >= 0.3 is 0 Å². The van der Waals surface area contributed by atoms with Crippen molar-refractivity contribution >= 4 is 22.1 Å². The predicted molar refractivity (Wildman–Crippen MR) is 119 cm³/mol. The van der Waals surface area contributed by atoms with Gasteiger partial charge in [-0.3, -0.25) is 4.98 Å². The van der Waals surface area contributed by atoms with Crippen LogP contribution in [0.15, 0.2) is 65.2 Å². The molecule has 3 heteroatoms. The Kier molecular flexibility index (Phi) is 2.34. The van der Waals surface area contributed by atoms with Crippen molar-refractivity contribution in [1.82, 2.24) is 9.97 Å². The quantitative estimate of drug-likeness (QED) is 0.329. The molecule has 3 nitrogen and oxygen atoms in total. The Morgan fingerprint density at radius 3 is 2.62 bits per heavy atom. The number of nitrogens with zero attached hydrogens (tertiary/aromatic N) is 2. The Morgan fingerprint density at radius 2 is 1.76 bits per heavy atom. The molecule has 0 N–H and O–H groups in total. The summed E-state index contributed by atoms with van der Waals surface area (Å²) in [5, 5.41) is 1.31. The Labute approximate surface area is 182 Å². The third-order valence-corrected chi connectivity index (χ3v) is 5.01. The highest BCUT2D eigenvalue weighted by Crippen LogP contribution is 2.36. The molecule has 0 saturated carbocycles. The Bertz CT molecular complexity index is 1700. The van der Waals surface area contributed by atoms with Crippen molar-refractivity contribution in [2.24, 2.45) is 0 Å². The molecule has 0 bridgehead atoms. The fraction of sp³-hybridized carbons (Fsp3) is 0.154. The minimum absolute atomic E-state index is 0.0449. The largest absolute Gasteiger partial charge is 0.437 e. The lowest BCUT2D eigenvalue weighted by molar-refractivity contribution is 0.653. The fourth-order valence-electron chi connectivity index (χ4n) is 3.60. The van der Waals surface area contributed by atoms with Crippen LogP contribution in [0.4, 0.5) is 0 Å². The van der Waals surface area contributed by atoms with Crippen molar-refractivity contribution in [2.45, 2.75) is 27.5 Å². The van der Waals surface area contributed by atoms with Crippen molar-refractivity contribution < 1.29 is 16.8 Å². The second-order valence-corrected chi connectivity index (χ2v) is 7.00. The van der Waals surface area contributed by atoms with Crippen LogP contribution in [0.1, 0.15) is 34.7 Å². The molecule has 3 aromatic heterocycles. The molecule has 0 spiro atoms. The number of pyridine rings is 2. The second-order valence-electron chi connectivity index (χ2n) is 7.00. The molecular weight excluding hydrogens is 356 g/mol. The third-order valence-electron chi connectivity index (χ3n) is 5.01. The van der Waals surface area contributed by atoms with Crippen LogP contribution in [0.5, 0.6) is 0 Å². The van der Waals surface area contributed by atoms with E-state index in [1.54, 1.807) is 49.4 Å². The molecule has 142 valence electrons. The average molecular weight is 388 g/mol. The molecule has 0 fully saturated rings. The highest BCUT2D eigenvalue weighted by Gasteiger charge is 2.15. The van der Waals surface area contributed by atoms with E-state index in [1.165, 1.54) is 12.3 Å². The molecule has 0 atom stereocenters. The molecule has 0 aliphatic heterocycles. The van der Waals surface area contributed by atoms with Gasteiger partial charge in [-0.2, -0.15) is 0 Å². The van der Waals surface area contributed by atoms with E-state index in [9.17, 15) is 0 Å². The fourth-order valence-corrected chi connectivity index (χ4v) is 3.60.